The number of hydrogen-bond donors (Lipinski definition) is 2. The summed E-state index contributed by atoms with van der Waals surface area (Å²) in [6, 6.07) is 11.2. The van der Waals surface area contributed by atoms with Crippen molar-refractivity contribution >= 4 is 56.4 Å². The zero-order valence-electron chi connectivity index (χ0n) is 21.2. The smallest absolute Gasteiger partial charge is 0.332 e. The number of aromatic nitrogens is 2. The molecule has 2 aromatic carbocycles. The lowest BCUT2D eigenvalue weighted by atomic mass is 10.1. The maximum Gasteiger partial charge on any atom is 0.332 e. The van der Waals surface area contributed by atoms with Gasteiger partial charge in [-0.1, -0.05) is 12.1 Å². The highest BCUT2D eigenvalue weighted by atomic mass is 32.1. The van der Waals surface area contributed by atoms with Crippen LogP contribution in [0, 0.1) is 12.7 Å². The molecule has 0 spiro atoms. The molecule has 38 heavy (non-hydrogen) atoms. The highest BCUT2D eigenvalue weighted by Crippen LogP contribution is 2.45. The minimum atomic E-state index is -0.496. The van der Waals surface area contributed by atoms with E-state index in [0.29, 0.717) is 63.2 Å². The third-order valence-electron chi connectivity index (χ3n) is 6.16. The number of thiophene rings is 1. The molecule has 11 heteroatoms. The number of hydrogen-bond acceptors (Lipinski definition) is 7. The lowest BCUT2D eigenvalue weighted by Crippen LogP contribution is -2.37. The van der Waals surface area contributed by atoms with Gasteiger partial charge in [-0.05, 0) is 62.2 Å². The number of anilines is 4. The van der Waals surface area contributed by atoms with Gasteiger partial charge in [0, 0.05) is 18.8 Å². The molecule has 5 rings (SSSR count). The summed E-state index contributed by atoms with van der Waals surface area (Å²) in [6.07, 6.45) is 1.38. The molecule has 0 fully saturated rings. The molecule has 3 N–H and O–H groups in total. The number of nitrogens with two attached hydrogens (primary N) is 1. The average molecular weight is 535 g/mol. The van der Waals surface area contributed by atoms with Crippen molar-refractivity contribution in [2.24, 2.45) is 0 Å². The number of nitrogens with zero attached hydrogens (tertiary/aromatic N) is 4. The molecule has 196 valence electrons. The van der Waals surface area contributed by atoms with E-state index in [1.54, 1.807) is 30.0 Å². The van der Waals surface area contributed by atoms with Crippen LogP contribution in [0.1, 0.15) is 34.6 Å². The number of halogens is 1. The van der Waals surface area contributed by atoms with E-state index in [-0.39, 0.29) is 17.8 Å². The summed E-state index contributed by atoms with van der Waals surface area (Å²) in [4.78, 5) is 39.9. The monoisotopic (exact) mass is 534 g/mol. The summed E-state index contributed by atoms with van der Waals surface area (Å²) >= 11 is 1.19. The van der Waals surface area contributed by atoms with Crippen LogP contribution in [0.3, 0.4) is 0 Å². The second-order valence-corrected chi connectivity index (χ2v) is 10.3. The first-order chi connectivity index (χ1) is 18.2. The Labute approximate surface area is 223 Å². The van der Waals surface area contributed by atoms with Crippen LogP contribution in [-0.4, -0.2) is 46.1 Å². The second-order valence-electron chi connectivity index (χ2n) is 9.27. The Kier molecular flexibility index (Phi) is 6.96. The Hall–Kier alpha value is -4.09. The van der Waals surface area contributed by atoms with Crippen molar-refractivity contribution < 1.29 is 18.7 Å². The highest BCUT2D eigenvalue weighted by Gasteiger charge is 2.35. The number of urea groups is 1. The summed E-state index contributed by atoms with van der Waals surface area (Å²) in [5, 5.41) is 3.43. The Bertz CT molecular complexity index is 1520. The minimum Gasteiger partial charge on any atom is -0.399 e. The Balaban J connectivity index is 1.54. The highest BCUT2D eigenvalue weighted by molar-refractivity contribution is 7.21. The van der Waals surface area contributed by atoms with Gasteiger partial charge in [-0.3, -0.25) is 4.79 Å². The van der Waals surface area contributed by atoms with Crippen molar-refractivity contribution in [1.82, 2.24) is 14.9 Å². The van der Waals surface area contributed by atoms with Crippen LogP contribution < -0.4 is 16.0 Å². The van der Waals surface area contributed by atoms with Crippen molar-refractivity contribution in [3.05, 3.63) is 70.6 Å². The third kappa shape index (κ3) is 4.90. The summed E-state index contributed by atoms with van der Waals surface area (Å²) in [6.45, 7) is 6.54. The SMILES string of the molecule is Cc1cc(N2C(=O)Nc3c(C(=O)N(CCOC(C)C)Cc4ccc(N)cc4)sc4ncnc2c34)ccc1F. The topological polar surface area (TPSA) is 114 Å². The molecule has 9 nitrogen and oxygen atoms in total. The fourth-order valence-corrected chi connectivity index (χ4v) is 5.32. The van der Waals surface area contributed by atoms with Gasteiger partial charge < -0.3 is 20.7 Å². The predicted octanol–water partition coefficient (Wildman–Crippen LogP) is 5.47. The molecular formula is C27H27FN6O3S. The predicted molar refractivity (Wildman–Crippen MR) is 146 cm³/mol. The molecule has 3 amide bonds. The van der Waals surface area contributed by atoms with E-state index in [4.69, 9.17) is 10.5 Å². The molecule has 1 aliphatic rings. The molecule has 0 bridgehead atoms. The first-order valence-electron chi connectivity index (χ1n) is 12.1. The Morgan fingerprint density at radius 1 is 1.21 bits per heavy atom. The van der Waals surface area contributed by atoms with Gasteiger partial charge in [-0.25, -0.2) is 24.1 Å². The molecule has 2 aromatic heterocycles. The van der Waals surface area contributed by atoms with E-state index in [1.165, 1.54) is 34.7 Å². The fourth-order valence-electron chi connectivity index (χ4n) is 4.26. The molecule has 0 atom stereocenters. The molecule has 4 aromatic rings. The number of nitrogens with one attached hydrogen (secondary N) is 1. The number of rotatable bonds is 8. The molecular weight excluding hydrogens is 507 g/mol. The molecule has 0 radical (unpaired) electrons. The number of amides is 3. The summed E-state index contributed by atoms with van der Waals surface area (Å²) < 4.78 is 19.6. The van der Waals surface area contributed by atoms with Gasteiger partial charge in [-0.2, -0.15) is 0 Å². The molecule has 1 aliphatic heterocycles. The molecule has 0 aliphatic carbocycles. The largest absolute Gasteiger partial charge is 0.399 e. The number of carbonyl (C=O) groups excluding carboxylic acids is 2. The van der Waals surface area contributed by atoms with Crippen LogP contribution in [0.2, 0.25) is 0 Å². The lowest BCUT2D eigenvalue weighted by molar-refractivity contribution is 0.0471. The first-order valence-corrected chi connectivity index (χ1v) is 12.9. The lowest BCUT2D eigenvalue weighted by Gasteiger charge is -2.28. The number of carbonyl (C=O) groups is 2. The van der Waals surface area contributed by atoms with E-state index >= 15 is 0 Å². The number of benzene rings is 2. The number of aryl methyl sites for hydroxylation is 1. The molecule has 3 heterocycles. The van der Waals surface area contributed by atoms with E-state index in [0.717, 1.165) is 5.56 Å². The normalized spacial score (nSPS) is 12.8. The van der Waals surface area contributed by atoms with E-state index in [9.17, 15) is 14.0 Å². The third-order valence-corrected chi connectivity index (χ3v) is 7.25. The molecule has 0 unspecified atom stereocenters. The number of ether oxygens (including phenoxy) is 1. The maximum absolute atomic E-state index is 13.9. The standard InChI is InChI=1S/C27H27FN6O3S/c1-15(2)37-11-10-33(13-17-4-6-18(29)7-5-17)26(35)23-22-21-24(30-14-31-25(21)38-23)34(27(36)32-22)19-8-9-20(28)16(3)12-19/h4-9,12,14-15H,10-11,13,29H2,1-3H3,(H,32,36). The fraction of sp³-hybridized carbons (Fsp3) is 0.259. The van der Waals surface area contributed by atoms with Crippen molar-refractivity contribution in [1.29, 1.82) is 0 Å². The van der Waals surface area contributed by atoms with Crippen LogP contribution in [0.15, 0.2) is 48.8 Å². The van der Waals surface area contributed by atoms with Crippen LogP contribution in [0.25, 0.3) is 10.2 Å². The van der Waals surface area contributed by atoms with Gasteiger partial charge in [-0.15, -0.1) is 11.3 Å². The quantitative estimate of drug-likeness (QED) is 0.290. The second kappa shape index (κ2) is 10.3. The van der Waals surface area contributed by atoms with Gasteiger partial charge in [0.15, 0.2) is 5.82 Å². The van der Waals surface area contributed by atoms with E-state index in [2.05, 4.69) is 15.3 Å². The molecule has 0 saturated carbocycles. The summed E-state index contributed by atoms with van der Waals surface area (Å²) in [5.41, 5.74) is 8.61. The van der Waals surface area contributed by atoms with Crippen LogP contribution >= 0.6 is 11.3 Å². The van der Waals surface area contributed by atoms with E-state index < -0.39 is 6.03 Å². The minimum absolute atomic E-state index is 0.0205. The van der Waals surface area contributed by atoms with Gasteiger partial charge in [0.25, 0.3) is 5.91 Å². The van der Waals surface area contributed by atoms with Gasteiger partial charge >= 0.3 is 6.03 Å². The van der Waals surface area contributed by atoms with Crippen LogP contribution in [-0.2, 0) is 11.3 Å². The van der Waals surface area contributed by atoms with Crippen LogP contribution in [0.5, 0.6) is 0 Å². The van der Waals surface area contributed by atoms with Crippen LogP contribution in [0.4, 0.5) is 32.1 Å². The van der Waals surface area contributed by atoms with Crippen molar-refractivity contribution in [2.75, 3.05) is 29.1 Å². The number of nitrogen functional groups attached to an aromatic ring is 1. The Morgan fingerprint density at radius 2 is 1.97 bits per heavy atom. The van der Waals surface area contributed by atoms with Gasteiger partial charge in [0.05, 0.1) is 29.5 Å². The van der Waals surface area contributed by atoms with Crippen molar-refractivity contribution in [2.45, 2.75) is 33.4 Å². The van der Waals surface area contributed by atoms with Crippen molar-refractivity contribution in [3.63, 3.8) is 0 Å². The Morgan fingerprint density at radius 3 is 2.68 bits per heavy atom. The average Bonchev–Trinajstić information content (AvgIpc) is 3.25. The summed E-state index contributed by atoms with van der Waals surface area (Å²) in [7, 11) is 0. The maximum atomic E-state index is 13.9. The first kappa shape index (κ1) is 25.6. The van der Waals surface area contributed by atoms with Crippen molar-refractivity contribution in [3.8, 4) is 0 Å². The zero-order chi connectivity index (χ0) is 27.0. The van der Waals surface area contributed by atoms with E-state index in [1.807, 2.05) is 26.0 Å². The van der Waals surface area contributed by atoms with Gasteiger partial charge in [0.1, 0.15) is 21.9 Å². The zero-order valence-corrected chi connectivity index (χ0v) is 22.0. The van der Waals surface area contributed by atoms with Gasteiger partial charge in [0.2, 0.25) is 0 Å². The molecule has 0 saturated heterocycles. The summed E-state index contributed by atoms with van der Waals surface area (Å²) in [5.74, 6) is -0.293.